The van der Waals surface area contributed by atoms with Crippen molar-refractivity contribution in [2.45, 2.75) is 148 Å². The van der Waals surface area contributed by atoms with E-state index in [9.17, 15) is 19.5 Å². The first-order valence-corrected chi connectivity index (χ1v) is 20.6. The van der Waals surface area contributed by atoms with E-state index in [0.29, 0.717) is 6.42 Å². The van der Waals surface area contributed by atoms with Crippen molar-refractivity contribution >= 4 is 17.9 Å². The van der Waals surface area contributed by atoms with E-state index in [1.54, 1.807) is 21.1 Å². The minimum Gasteiger partial charge on any atom is -0.544 e. The fourth-order valence-electron chi connectivity index (χ4n) is 5.32. The van der Waals surface area contributed by atoms with Crippen molar-refractivity contribution in [3.8, 4) is 0 Å². The van der Waals surface area contributed by atoms with Crippen molar-refractivity contribution in [3.05, 3.63) is 85.1 Å². The van der Waals surface area contributed by atoms with Gasteiger partial charge in [0, 0.05) is 19.3 Å². The summed E-state index contributed by atoms with van der Waals surface area (Å²) in [6.07, 6.45) is 46.4. The molecule has 0 aromatic heterocycles. The molecule has 0 N–H and O–H groups in total. The molecule has 0 fully saturated rings. The number of carboxylic acid groups (broad SMARTS) is 1. The number of hydrogen-bond acceptors (Lipinski definition) is 7. The van der Waals surface area contributed by atoms with Crippen LogP contribution in [0.1, 0.15) is 136 Å². The smallest absolute Gasteiger partial charge is 0.306 e. The highest BCUT2D eigenvalue weighted by Gasteiger charge is 2.25. The molecule has 54 heavy (non-hydrogen) atoms. The van der Waals surface area contributed by atoms with Gasteiger partial charge < -0.3 is 28.6 Å². The topological polar surface area (TPSA) is 102 Å². The fourth-order valence-corrected chi connectivity index (χ4v) is 5.32. The van der Waals surface area contributed by atoms with Crippen LogP contribution in [0.15, 0.2) is 85.1 Å². The number of esters is 2. The first kappa shape index (κ1) is 50.5. The maximum atomic E-state index is 12.7. The van der Waals surface area contributed by atoms with Gasteiger partial charge in [0.2, 0.25) is 0 Å². The van der Waals surface area contributed by atoms with Gasteiger partial charge in [0.15, 0.2) is 6.10 Å². The molecule has 0 saturated heterocycles. The van der Waals surface area contributed by atoms with Gasteiger partial charge in [-0.25, -0.2) is 0 Å². The highest BCUT2D eigenvalue weighted by atomic mass is 16.6. The van der Waals surface area contributed by atoms with E-state index in [1.165, 1.54) is 12.8 Å². The SMILES string of the molecule is CC/C=C/C/C=C/C/C=C/C/C=C/C/C=C/C/C=C/CCCCCCC(=O)OC(COCCC(C(=O)[O-])[N+](C)(C)C)COC(=O)CC/C=C/CCCCC. The molecule has 306 valence electrons. The predicted molar refractivity (Wildman–Crippen MR) is 222 cm³/mol. The molecule has 0 rings (SSSR count). The Kier molecular flexibility index (Phi) is 34.1. The first-order valence-electron chi connectivity index (χ1n) is 20.6. The third kappa shape index (κ3) is 34.3. The molecule has 0 radical (unpaired) electrons. The number of carbonyl (C=O) groups excluding carboxylic acids is 3. The minimum absolute atomic E-state index is 0.0131. The Morgan fingerprint density at radius 2 is 1.07 bits per heavy atom. The summed E-state index contributed by atoms with van der Waals surface area (Å²) < 4.78 is 17.0. The zero-order valence-corrected chi connectivity index (χ0v) is 34.6. The molecule has 0 spiro atoms. The molecule has 0 aliphatic carbocycles. The Bertz CT molecular complexity index is 1160. The summed E-state index contributed by atoms with van der Waals surface area (Å²) in [5, 5.41) is 11.6. The van der Waals surface area contributed by atoms with Gasteiger partial charge in [0.25, 0.3) is 0 Å². The summed E-state index contributed by atoms with van der Waals surface area (Å²) in [5.74, 6) is -1.85. The van der Waals surface area contributed by atoms with Gasteiger partial charge in [0.05, 0.1) is 40.3 Å². The second kappa shape index (κ2) is 36.5. The number of ether oxygens (including phenoxy) is 3. The molecule has 0 aromatic carbocycles. The largest absolute Gasteiger partial charge is 0.544 e. The van der Waals surface area contributed by atoms with Crippen molar-refractivity contribution in [1.29, 1.82) is 0 Å². The van der Waals surface area contributed by atoms with Gasteiger partial charge >= 0.3 is 11.9 Å². The molecule has 0 aromatic rings. The van der Waals surface area contributed by atoms with Crippen LogP contribution < -0.4 is 5.11 Å². The normalized spacial score (nSPS) is 13.9. The van der Waals surface area contributed by atoms with Gasteiger partial charge in [-0.2, -0.15) is 0 Å². The third-order valence-corrected chi connectivity index (χ3v) is 8.53. The van der Waals surface area contributed by atoms with Crippen molar-refractivity contribution in [3.63, 3.8) is 0 Å². The number of carbonyl (C=O) groups is 3. The summed E-state index contributed by atoms with van der Waals surface area (Å²) in [6.45, 7) is 4.38. The Balaban J connectivity index is 4.36. The number of hydrogen-bond donors (Lipinski definition) is 0. The van der Waals surface area contributed by atoms with Gasteiger partial charge in [-0.05, 0) is 77.0 Å². The van der Waals surface area contributed by atoms with Crippen LogP contribution in [0.4, 0.5) is 0 Å². The quantitative estimate of drug-likeness (QED) is 0.0275. The number of nitrogens with zero attached hydrogens (tertiary/aromatic N) is 1. The van der Waals surface area contributed by atoms with Crippen LogP contribution in [0.25, 0.3) is 0 Å². The van der Waals surface area contributed by atoms with E-state index in [0.717, 1.165) is 83.5 Å². The lowest BCUT2D eigenvalue weighted by molar-refractivity contribution is -0.889. The number of carboxylic acids is 1. The average molecular weight is 754 g/mol. The molecule has 0 saturated carbocycles. The minimum atomic E-state index is -1.14. The van der Waals surface area contributed by atoms with Crippen molar-refractivity contribution in [2.24, 2.45) is 0 Å². The van der Waals surface area contributed by atoms with Gasteiger partial charge in [0.1, 0.15) is 12.6 Å². The van der Waals surface area contributed by atoms with E-state index in [1.807, 2.05) is 6.08 Å². The summed E-state index contributed by atoms with van der Waals surface area (Å²) in [6, 6.07) is -0.738. The lowest BCUT2D eigenvalue weighted by Gasteiger charge is -2.34. The lowest BCUT2D eigenvalue weighted by atomic mass is 10.1. The Hall–Kier alpha value is -3.49. The number of quaternary nitrogens is 1. The molecule has 2 atom stereocenters. The van der Waals surface area contributed by atoms with Crippen LogP contribution >= 0.6 is 0 Å². The van der Waals surface area contributed by atoms with E-state index < -0.39 is 18.1 Å². The number of unbranched alkanes of at least 4 members (excludes halogenated alkanes) is 7. The van der Waals surface area contributed by atoms with Gasteiger partial charge in [-0.3, -0.25) is 9.59 Å². The third-order valence-electron chi connectivity index (χ3n) is 8.53. The number of likely N-dealkylation sites (N-methyl/N-ethyl adjacent to an activating group) is 1. The van der Waals surface area contributed by atoms with Crippen LogP contribution in [-0.4, -0.2) is 75.5 Å². The number of allylic oxidation sites excluding steroid dienone is 14. The highest BCUT2D eigenvalue weighted by molar-refractivity contribution is 5.70. The molecule has 0 heterocycles. The summed E-state index contributed by atoms with van der Waals surface area (Å²) >= 11 is 0. The number of aliphatic carboxylic acids is 1. The van der Waals surface area contributed by atoms with Gasteiger partial charge in [-0.1, -0.05) is 125 Å². The molecule has 0 aliphatic heterocycles. The fraction of sp³-hybridized carbons (Fsp3) is 0.630. The molecule has 0 aliphatic rings. The molecular weight excluding hydrogens is 679 g/mol. The second-order valence-electron chi connectivity index (χ2n) is 14.5. The van der Waals surface area contributed by atoms with Crippen LogP contribution in [0.5, 0.6) is 0 Å². The zero-order chi connectivity index (χ0) is 40.0. The first-order chi connectivity index (χ1) is 26.1. The predicted octanol–water partition coefficient (Wildman–Crippen LogP) is 9.63. The lowest BCUT2D eigenvalue weighted by Crippen LogP contribution is -2.55. The molecule has 8 nitrogen and oxygen atoms in total. The summed E-state index contributed by atoms with van der Waals surface area (Å²) in [5.41, 5.74) is 0. The van der Waals surface area contributed by atoms with E-state index in [4.69, 9.17) is 14.2 Å². The summed E-state index contributed by atoms with van der Waals surface area (Å²) in [7, 11) is 5.36. The Labute approximate surface area is 329 Å². The highest BCUT2D eigenvalue weighted by Crippen LogP contribution is 2.11. The molecule has 0 amide bonds. The van der Waals surface area contributed by atoms with E-state index in [-0.39, 0.29) is 55.5 Å². The van der Waals surface area contributed by atoms with Crippen LogP contribution in [0, 0.1) is 0 Å². The summed E-state index contributed by atoms with van der Waals surface area (Å²) in [4.78, 5) is 36.6. The maximum Gasteiger partial charge on any atom is 0.306 e. The zero-order valence-electron chi connectivity index (χ0n) is 34.6. The molecular formula is C46H75NO7. The van der Waals surface area contributed by atoms with Crippen molar-refractivity contribution in [1.82, 2.24) is 0 Å². The molecule has 8 heteroatoms. The maximum absolute atomic E-state index is 12.7. The monoisotopic (exact) mass is 754 g/mol. The van der Waals surface area contributed by atoms with Crippen LogP contribution in [0.3, 0.4) is 0 Å². The number of rotatable bonds is 35. The van der Waals surface area contributed by atoms with E-state index >= 15 is 0 Å². The van der Waals surface area contributed by atoms with Crippen molar-refractivity contribution in [2.75, 3.05) is 41.0 Å². The van der Waals surface area contributed by atoms with Crippen LogP contribution in [-0.2, 0) is 28.6 Å². The average Bonchev–Trinajstić information content (AvgIpc) is 3.12. The standard InChI is InChI=1S/C46H75NO7/c1-6-8-10-12-14-15-16-17-18-19-20-21-22-23-24-25-26-27-28-29-31-33-35-37-45(49)54-42(40-52-39-38-43(46(50)51)47(3,4)5)41-53-44(48)36-34-32-30-13-11-9-7-2/h8,10,14-15,17-18,20-21,23-24,26-27,30,32,42-43H,6-7,9,11-13,16,19,22,25,28-29,31,33-41H2,1-5H3/b10-8+,15-14+,18-17+,21-20+,24-23+,27-26+,32-30+. The van der Waals surface area contributed by atoms with E-state index in [2.05, 4.69) is 92.8 Å². The Morgan fingerprint density at radius 1 is 0.574 bits per heavy atom. The Morgan fingerprint density at radius 3 is 1.61 bits per heavy atom. The molecule has 0 bridgehead atoms. The second-order valence-corrected chi connectivity index (χ2v) is 14.5. The molecule has 2 unspecified atom stereocenters. The van der Waals surface area contributed by atoms with Crippen LogP contribution in [0.2, 0.25) is 0 Å². The van der Waals surface area contributed by atoms with Crippen molar-refractivity contribution < 1.29 is 38.2 Å². The van der Waals surface area contributed by atoms with Gasteiger partial charge in [-0.15, -0.1) is 0 Å².